The second kappa shape index (κ2) is 4.06. The fourth-order valence-corrected chi connectivity index (χ4v) is 1.52. The van der Waals surface area contributed by atoms with Gasteiger partial charge in [0.25, 0.3) is 0 Å². The number of nitrogens with zero attached hydrogens (tertiary/aromatic N) is 1. The number of aromatic nitrogens is 1. The third-order valence-electron chi connectivity index (χ3n) is 2.26. The number of nitrogens with one attached hydrogen (secondary N) is 1. The Balaban J connectivity index is 2.46. The Hall–Kier alpha value is -2.30. The van der Waals surface area contributed by atoms with Crippen molar-refractivity contribution >= 4 is 28.2 Å². The molecule has 0 aliphatic rings. The number of carbonyl (C=O) groups excluding carboxylic acids is 1. The molecule has 0 saturated carbocycles. The molecule has 2 rings (SSSR count). The van der Waals surface area contributed by atoms with Crippen LogP contribution in [-0.4, -0.2) is 17.4 Å². The quantitative estimate of drug-likeness (QED) is 0.659. The average Bonchev–Trinajstić information content (AvgIpc) is 2.28. The van der Waals surface area contributed by atoms with E-state index in [1.54, 1.807) is 18.3 Å². The molecular weight excluding hydrogens is 204 g/mol. The summed E-state index contributed by atoms with van der Waals surface area (Å²) in [7, 11) is 0. The molecule has 0 spiro atoms. The van der Waals surface area contributed by atoms with Crippen LogP contribution in [0.3, 0.4) is 0 Å². The van der Waals surface area contributed by atoms with Crippen LogP contribution in [-0.2, 0) is 4.79 Å². The van der Waals surface area contributed by atoms with E-state index in [9.17, 15) is 4.79 Å². The summed E-state index contributed by atoms with van der Waals surface area (Å²) in [4.78, 5) is 14.9. The predicted molar refractivity (Wildman–Crippen MR) is 63.8 cm³/mol. The van der Waals surface area contributed by atoms with Crippen LogP contribution in [0.25, 0.3) is 10.9 Å². The SMILES string of the molecule is NC(=O)CNc1ccc(N)c2cccnc12. The maximum atomic E-state index is 10.7. The highest BCUT2D eigenvalue weighted by Gasteiger charge is 2.04. The number of hydrogen-bond donors (Lipinski definition) is 3. The summed E-state index contributed by atoms with van der Waals surface area (Å²) in [6.45, 7) is 0.0790. The van der Waals surface area contributed by atoms with Gasteiger partial charge in [-0.15, -0.1) is 0 Å². The number of anilines is 2. The van der Waals surface area contributed by atoms with Crippen LogP contribution < -0.4 is 16.8 Å². The van der Waals surface area contributed by atoms with Crippen molar-refractivity contribution in [2.24, 2.45) is 5.73 Å². The number of pyridine rings is 1. The molecule has 0 unspecified atom stereocenters. The van der Waals surface area contributed by atoms with Crippen LogP contribution in [0.5, 0.6) is 0 Å². The predicted octanol–water partition coefficient (Wildman–Crippen LogP) is 0.714. The molecular formula is C11H12N4O. The first kappa shape index (κ1) is 10.2. The highest BCUT2D eigenvalue weighted by Crippen LogP contribution is 2.25. The molecule has 0 atom stereocenters. The molecule has 0 bridgehead atoms. The number of benzene rings is 1. The number of nitrogen functional groups attached to an aromatic ring is 1. The van der Waals surface area contributed by atoms with E-state index in [1.807, 2.05) is 12.1 Å². The Labute approximate surface area is 92.5 Å². The minimum Gasteiger partial charge on any atom is -0.398 e. The van der Waals surface area contributed by atoms with Crippen molar-refractivity contribution in [1.29, 1.82) is 0 Å². The van der Waals surface area contributed by atoms with E-state index in [2.05, 4.69) is 10.3 Å². The van der Waals surface area contributed by atoms with Crippen molar-refractivity contribution in [2.45, 2.75) is 0 Å². The average molecular weight is 216 g/mol. The van der Waals surface area contributed by atoms with Crippen LogP contribution in [0.1, 0.15) is 0 Å². The van der Waals surface area contributed by atoms with Gasteiger partial charge < -0.3 is 16.8 Å². The van der Waals surface area contributed by atoms with Gasteiger partial charge in [-0.25, -0.2) is 0 Å². The second-order valence-electron chi connectivity index (χ2n) is 3.42. The van der Waals surface area contributed by atoms with Crippen LogP contribution >= 0.6 is 0 Å². The Morgan fingerprint density at radius 2 is 2.19 bits per heavy atom. The van der Waals surface area contributed by atoms with Gasteiger partial charge in [0.1, 0.15) is 0 Å². The summed E-state index contributed by atoms with van der Waals surface area (Å²) in [5.74, 6) is -0.416. The molecule has 0 saturated heterocycles. The summed E-state index contributed by atoms with van der Waals surface area (Å²) in [5.41, 5.74) is 13.0. The molecule has 1 heterocycles. The molecule has 1 amide bonds. The molecule has 1 aromatic heterocycles. The van der Waals surface area contributed by atoms with E-state index in [4.69, 9.17) is 11.5 Å². The number of nitrogens with two attached hydrogens (primary N) is 2. The Morgan fingerprint density at radius 3 is 2.94 bits per heavy atom. The van der Waals surface area contributed by atoms with Crippen molar-refractivity contribution in [2.75, 3.05) is 17.6 Å². The van der Waals surface area contributed by atoms with Gasteiger partial charge in [0, 0.05) is 17.3 Å². The number of primary amides is 1. The summed E-state index contributed by atoms with van der Waals surface area (Å²) in [6.07, 6.45) is 1.68. The number of rotatable bonds is 3. The summed E-state index contributed by atoms with van der Waals surface area (Å²) < 4.78 is 0. The molecule has 0 radical (unpaired) electrons. The van der Waals surface area contributed by atoms with Crippen molar-refractivity contribution in [1.82, 2.24) is 4.98 Å². The van der Waals surface area contributed by atoms with E-state index < -0.39 is 5.91 Å². The minimum atomic E-state index is -0.416. The zero-order chi connectivity index (χ0) is 11.5. The zero-order valence-electron chi connectivity index (χ0n) is 8.60. The standard InChI is InChI=1S/C11H12N4O/c12-8-3-4-9(15-6-10(13)16)11-7(8)2-1-5-14-11/h1-5,15H,6,12H2,(H2,13,16). The highest BCUT2D eigenvalue weighted by atomic mass is 16.1. The number of carbonyl (C=O) groups is 1. The van der Waals surface area contributed by atoms with Gasteiger partial charge in [-0.2, -0.15) is 0 Å². The van der Waals surface area contributed by atoms with Gasteiger partial charge in [0.05, 0.1) is 17.7 Å². The second-order valence-corrected chi connectivity index (χ2v) is 3.42. The molecule has 5 nitrogen and oxygen atoms in total. The number of fused-ring (bicyclic) bond motifs is 1. The first-order valence-corrected chi connectivity index (χ1v) is 4.84. The smallest absolute Gasteiger partial charge is 0.236 e. The highest BCUT2D eigenvalue weighted by molar-refractivity contribution is 5.98. The molecule has 1 aromatic carbocycles. The van der Waals surface area contributed by atoms with Gasteiger partial charge in [0.2, 0.25) is 5.91 Å². The van der Waals surface area contributed by atoms with E-state index in [-0.39, 0.29) is 6.54 Å². The fraction of sp³-hybridized carbons (Fsp3) is 0.0909. The van der Waals surface area contributed by atoms with Crippen molar-refractivity contribution in [3.8, 4) is 0 Å². The van der Waals surface area contributed by atoms with Gasteiger partial charge in [-0.05, 0) is 24.3 Å². The van der Waals surface area contributed by atoms with Crippen molar-refractivity contribution < 1.29 is 4.79 Å². The monoisotopic (exact) mass is 216 g/mol. The van der Waals surface area contributed by atoms with Crippen LogP contribution in [0.4, 0.5) is 11.4 Å². The first-order chi connectivity index (χ1) is 7.68. The lowest BCUT2D eigenvalue weighted by atomic mass is 10.1. The molecule has 16 heavy (non-hydrogen) atoms. The van der Waals surface area contributed by atoms with Gasteiger partial charge >= 0.3 is 0 Å². The normalized spacial score (nSPS) is 10.2. The zero-order valence-corrected chi connectivity index (χ0v) is 8.60. The van der Waals surface area contributed by atoms with Gasteiger partial charge in [0.15, 0.2) is 0 Å². The van der Waals surface area contributed by atoms with Crippen molar-refractivity contribution in [3.63, 3.8) is 0 Å². The number of amides is 1. The summed E-state index contributed by atoms with van der Waals surface area (Å²) in [6, 6.07) is 7.25. The molecule has 0 fully saturated rings. The van der Waals surface area contributed by atoms with E-state index in [0.717, 1.165) is 16.6 Å². The largest absolute Gasteiger partial charge is 0.398 e. The third kappa shape index (κ3) is 1.88. The minimum absolute atomic E-state index is 0.0790. The lowest BCUT2D eigenvalue weighted by Crippen LogP contribution is -2.21. The third-order valence-corrected chi connectivity index (χ3v) is 2.26. The fourth-order valence-electron chi connectivity index (χ4n) is 1.52. The molecule has 2 aromatic rings. The summed E-state index contributed by atoms with van der Waals surface area (Å²) >= 11 is 0. The molecule has 0 aliphatic carbocycles. The maximum Gasteiger partial charge on any atom is 0.236 e. The van der Waals surface area contributed by atoms with E-state index >= 15 is 0 Å². The lowest BCUT2D eigenvalue weighted by Gasteiger charge is -2.08. The van der Waals surface area contributed by atoms with Crippen LogP contribution in [0.2, 0.25) is 0 Å². The first-order valence-electron chi connectivity index (χ1n) is 4.84. The molecule has 5 N–H and O–H groups in total. The van der Waals surface area contributed by atoms with Gasteiger partial charge in [-0.1, -0.05) is 0 Å². The van der Waals surface area contributed by atoms with Gasteiger partial charge in [-0.3, -0.25) is 9.78 Å². The topological polar surface area (TPSA) is 94.0 Å². The lowest BCUT2D eigenvalue weighted by molar-refractivity contribution is -0.116. The molecule has 0 aliphatic heterocycles. The van der Waals surface area contributed by atoms with Crippen molar-refractivity contribution in [3.05, 3.63) is 30.5 Å². The maximum absolute atomic E-state index is 10.7. The van der Waals surface area contributed by atoms with Crippen LogP contribution in [0, 0.1) is 0 Å². The van der Waals surface area contributed by atoms with Crippen LogP contribution in [0.15, 0.2) is 30.5 Å². The molecule has 5 heteroatoms. The number of hydrogen-bond acceptors (Lipinski definition) is 4. The Kier molecular flexibility index (Phi) is 2.59. The molecule has 82 valence electrons. The Morgan fingerprint density at radius 1 is 1.38 bits per heavy atom. The van der Waals surface area contributed by atoms with E-state index in [0.29, 0.717) is 5.69 Å². The summed E-state index contributed by atoms with van der Waals surface area (Å²) in [5, 5.41) is 3.78. The van der Waals surface area contributed by atoms with E-state index in [1.165, 1.54) is 0 Å². The Bertz CT molecular complexity index is 538.